The maximum absolute atomic E-state index is 12.0. The standard InChI is InChI=1S/C20H20N4O/c25-20(22-14-17-12-16-4-1-2-5-19(16)17)21-13-15-6-8-18(9-7-15)24-11-3-10-23-24/h1-11,17H,12-14H2,(H2,21,22,25). The number of benzene rings is 2. The molecule has 1 unspecified atom stereocenters. The highest BCUT2D eigenvalue weighted by atomic mass is 16.2. The molecule has 0 saturated heterocycles. The number of nitrogens with zero attached hydrogens (tertiary/aromatic N) is 2. The highest BCUT2D eigenvalue weighted by Crippen LogP contribution is 2.33. The van der Waals surface area contributed by atoms with E-state index in [0.717, 1.165) is 17.7 Å². The van der Waals surface area contributed by atoms with Crippen molar-refractivity contribution in [2.24, 2.45) is 0 Å². The van der Waals surface area contributed by atoms with E-state index in [-0.39, 0.29) is 6.03 Å². The van der Waals surface area contributed by atoms with Gasteiger partial charge in [-0.15, -0.1) is 0 Å². The van der Waals surface area contributed by atoms with Crippen LogP contribution in [0.3, 0.4) is 0 Å². The van der Waals surface area contributed by atoms with Crippen molar-refractivity contribution in [3.8, 4) is 5.69 Å². The van der Waals surface area contributed by atoms with Crippen LogP contribution < -0.4 is 10.6 Å². The van der Waals surface area contributed by atoms with Crippen molar-refractivity contribution in [3.63, 3.8) is 0 Å². The number of nitrogens with one attached hydrogen (secondary N) is 2. The quantitative estimate of drug-likeness (QED) is 0.754. The van der Waals surface area contributed by atoms with Gasteiger partial charge in [0.15, 0.2) is 0 Å². The van der Waals surface area contributed by atoms with Gasteiger partial charge in [-0.05, 0) is 41.3 Å². The first-order chi connectivity index (χ1) is 12.3. The van der Waals surface area contributed by atoms with Crippen LogP contribution in [-0.4, -0.2) is 22.4 Å². The molecule has 5 heteroatoms. The van der Waals surface area contributed by atoms with Gasteiger partial charge in [0.2, 0.25) is 0 Å². The minimum Gasteiger partial charge on any atom is -0.338 e. The Kier molecular flexibility index (Phi) is 4.21. The summed E-state index contributed by atoms with van der Waals surface area (Å²) in [5.41, 5.74) is 4.81. The molecule has 2 aromatic carbocycles. The second-order valence-electron chi connectivity index (χ2n) is 6.28. The molecule has 0 bridgehead atoms. The highest BCUT2D eigenvalue weighted by Gasteiger charge is 2.25. The molecular weight excluding hydrogens is 312 g/mol. The fraction of sp³-hybridized carbons (Fsp3) is 0.200. The lowest BCUT2D eigenvalue weighted by molar-refractivity contribution is 0.239. The molecule has 0 aliphatic heterocycles. The second-order valence-corrected chi connectivity index (χ2v) is 6.28. The normalized spacial score (nSPS) is 15.1. The summed E-state index contributed by atoms with van der Waals surface area (Å²) in [7, 11) is 0. The van der Waals surface area contributed by atoms with Gasteiger partial charge in [-0.3, -0.25) is 0 Å². The van der Waals surface area contributed by atoms with Crippen molar-refractivity contribution in [2.45, 2.75) is 18.9 Å². The van der Waals surface area contributed by atoms with Crippen molar-refractivity contribution >= 4 is 6.03 Å². The third-order valence-electron chi connectivity index (χ3n) is 4.63. The molecule has 0 fully saturated rings. The van der Waals surface area contributed by atoms with Crippen LogP contribution >= 0.6 is 0 Å². The van der Waals surface area contributed by atoms with Crippen molar-refractivity contribution in [3.05, 3.63) is 83.7 Å². The van der Waals surface area contributed by atoms with E-state index in [9.17, 15) is 4.79 Å². The van der Waals surface area contributed by atoms with Crippen molar-refractivity contribution in [2.75, 3.05) is 6.54 Å². The van der Waals surface area contributed by atoms with Gasteiger partial charge >= 0.3 is 6.03 Å². The van der Waals surface area contributed by atoms with E-state index >= 15 is 0 Å². The van der Waals surface area contributed by atoms with Gasteiger partial charge in [0.1, 0.15) is 0 Å². The van der Waals surface area contributed by atoms with E-state index in [1.54, 1.807) is 10.9 Å². The molecule has 5 nitrogen and oxygen atoms in total. The maximum atomic E-state index is 12.0. The molecule has 2 amide bonds. The first kappa shape index (κ1) is 15.4. The average molecular weight is 332 g/mol. The largest absolute Gasteiger partial charge is 0.338 e. The molecule has 2 N–H and O–H groups in total. The van der Waals surface area contributed by atoms with Crippen LogP contribution in [0.5, 0.6) is 0 Å². The Balaban J connectivity index is 1.24. The third-order valence-corrected chi connectivity index (χ3v) is 4.63. The summed E-state index contributed by atoms with van der Waals surface area (Å²) >= 11 is 0. The lowest BCUT2D eigenvalue weighted by atomic mass is 9.78. The molecule has 126 valence electrons. The fourth-order valence-electron chi connectivity index (χ4n) is 3.19. The predicted molar refractivity (Wildman–Crippen MR) is 96.7 cm³/mol. The summed E-state index contributed by atoms with van der Waals surface area (Å²) in [5, 5.41) is 10.1. The molecule has 0 saturated carbocycles. The lowest BCUT2D eigenvalue weighted by Gasteiger charge is -2.30. The SMILES string of the molecule is O=C(NCc1ccc(-n2cccn2)cc1)NCC1Cc2ccccc21. The predicted octanol–water partition coefficient (Wildman–Crippen LogP) is 3.01. The Bertz CT molecular complexity index is 856. The summed E-state index contributed by atoms with van der Waals surface area (Å²) in [6, 6.07) is 18.2. The molecule has 0 radical (unpaired) electrons. The first-order valence-corrected chi connectivity index (χ1v) is 8.48. The van der Waals surface area contributed by atoms with Gasteiger partial charge in [0.05, 0.1) is 5.69 Å². The number of aromatic nitrogens is 2. The van der Waals surface area contributed by atoms with Crippen molar-refractivity contribution in [1.82, 2.24) is 20.4 Å². The number of urea groups is 1. The van der Waals surface area contributed by atoms with Gasteiger partial charge in [-0.25, -0.2) is 9.48 Å². The van der Waals surface area contributed by atoms with Gasteiger partial charge in [0.25, 0.3) is 0 Å². The van der Waals surface area contributed by atoms with Crippen LogP contribution in [0.1, 0.15) is 22.6 Å². The van der Waals surface area contributed by atoms with E-state index in [1.165, 1.54) is 11.1 Å². The summed E-state index contributed by atoms with van der Waals surface area (Å²) in [6.45, 7) is 1.19. The number of rotatable bonds is 5. The van der Waals surface area contributed by atoms with E-state index in [4.69, 9.17) is 0 Å². The van der Waals surface area contributed by atoms with Crippen molar-refractivity contribution in [1.29, 1.82) is 0 Å². The lowest BCUT2D eigenvalue weighted by Crippen LogP contribution is -2.39. The molecular formula is C20H20N4O. The Morgan fingerprint density at radius 2 is 1.92 bits per heavy atom. The third kappa shape index (κ3) is 3.40. The van der Waals surface area contributed by atoms with Gasteiger partial charge in [0, 0.05) is 31.4 Å². The second kappa shape index (κ2) is 6.81. The van der Waals surface area contributed by atoms with Gasteiger partial charge in [-0.1, -0.05) is 36.4 Å². The molecule has 1 aliphatic rings. The van der Waals surface area contributed by atoms with E-state index in [0.29, 0.717) is 19.0 Å². The monoisotopic (exact) mass is 332 g/mol. The molecule has 0 spiro atoms. The smallest absolute Gasteiger partial charge is 0.315 e. The number of carbonyl (C=O) groups is 1. The summed E-state index contributed by atoms with van der Waals surface area (Å²) < 4.78 is 1.81. The first-order valence-electron chi connectivity index (χ1n) is 8.48. The minimum atomic E-state index is -0.125. The number of amides is 2. The zero-order chi connectivity index (χ0) is 17.1. The molecule has 1 aliphatic carbocycles. The summed E-state index contributed by atoms with van der Waals surface area (Å²) in [4.78, 5) is 12.0. The van der Waals surface area contributed by atoms with Crippen LogP contribution in [0.4, 0.5) is 4.79 Å². The van der Waals surface area contributed by atoms with Crippen molar-refractivity contribution < 1.29 is 4.79 Å². The van der Waals surface area contributed by atoms with E-state index in [2.05, 4.69) is 40.0 Å². The van der Waals surface area contributed by atoms with Crippen LogP contribution in [0.2, 0.25) is 0 Å². The Morgan fingerprint density at radius 3 is 2.68 bits per heavy atom. The number of carbonyl (C=O) groups excluding carboxylic acids is 1. The Morgan fingerprint density at radius 1 is 1.08 bits per heavy atom. The minimum absolute atomic E-state index is 0.125. The summed E-state index contributed by atoms with van der Waals surface area (Å²) in [5.74, 6) is 0.440. The number of hydrogen-bond acceptors (Lipinski definition) is 2. The Hall–Kier alpha value is -3.08. The van der Waals surface area contributed by atoms with E-state index in [1.807, 2.05) is 36.5 Å². The van der Waals surface area contributed by atoms with Crippen LogP contribution in [0.25, 0.3) is 5.69 Å². The Labute approximate surface area is 146 Å². The highest BCUT2D eigenvalue weighted by molar-refractivity contribution is 5.74. The molecule has 1 heterocycles. The van der Waals surface area contributed by atoms with Crippen LogP contribution in [0, 0.1) is 0 Å². The number of hydrogen-bond donors (Lipinski definition) is 2. The molecule has 1 atom stereocenters. The molecule has 3 aromatic rings. The van der Waals surface area contributed by atoms with Crippen LogP contribution in [-0.2, 0) is 13.0 Å². The zero-order valence-electron chi connectivity index (χ0n) is 13.9. The average Bonchev–Trinajstić information content (AvgIpc) is 3.16. The molecule has 25 heavy (non-hydrogen) atoms. The topological polar surface area (TPSA) is 59.0 Å². The van der Waals surface area contributed by atoms with Gasteiger partial charge in [-0.2, -0.15) is 5.10 Å². The zero-order valence-corrected chi connectivity index (χ0v) is 13.9. The summed E-state index contributed by atoms with van der Waals surface area (Å²) in [6.07, 6.45) is 4.70. The maximum Gasteiger partial charge on any atom is 0.315 e. The van der Waals surface area contributed by atoms with Crippen LogP contribution in [0.15, 0.2) is 67.0 Å². The number of fused-ring (bicyclic) bond motifs is 1. The molecule has 4 rings (SSSR count). The fourth-order valence-corrected chi connectivity index (χ4v) is 3.19. The van der Waals surface area contributed by atoms with E-state index < -0.39 is 0 Å². The molecule has 1 aromatic heterocycles. The van der Waals surface area contributed by atoms with Gasteiger partial charge < -0.3 is 10.6 Å².